The van der Waals surface area contributed by atoms with Gasteiger partial charge >= 0.3 is 0 Å². The van der Waals surface area contributed by atoms with Crippen molar-refractivity contribution in [2.45, 2.75) is 110 Å². The van der Waals surface area contributed by atoms with Crippen molar-refractivity contribution in [2.75, 3.05) is 44.2 Å². The number of nitrogens with zero attached hydrogens (tertiary/aromatic N) is 3. The Morgan fingerprint density at radius 2 is 1.53 bits per heavy atom. The number of carbonyl (C=O) groups excluding carboxylic acids is 4. The van der Waals surface area contributed by atoms with E-state index in [-0.39, 0.29) is 50.9 Å². The zero-order valence-electron chi connectivity index (χ0n) is 30.3. The normalized spacial score (nSPS) is 17.7. The topological polar surface area (TPSA) is 154 Å². The van der Waals surface area contributed by atoms with Crippen molar-refractivity contribution in [3.8, 4) is 5.75 Å². The van der Waals surface area contributed by atoms with Crippen molar-refractivity contribution >= 4 is 51.8 Å². The highest BCUT2D eigenvalue weighted by Crippen LogP contribution is 2.46. The Balaban J connectivity index is 0.00000650. The molecule has 1 aromatic carbocycles. The molecule has 0 saturated carbocycles. The molecule has 1 atom stereocenters. The number of phenols is 1. The third kappa shape index (κ3) is 11.6. The lowest BCUT2D eigenvalue weighted by Crippen LogP contribution is -2.64. The Hall–Kier alpha value is -3.38. The van der Waals surface area contributed by atoms with Crippen LogP contribution in [0.1, 0.15) is 111 Å². The quantitative estimate of drug-likeness (QED) is 0.193. The largest absolute Gasteiger partial charge is 0.870 e. The Morgan fingerprint density at radius 1 is 0.898 bits per heavy atom. The zero-order valence-corrected chi connectivity index (χ0v) is 31.1. The molecule has 1 aromatic rings. The van der Waals surface area contributed by atoms with Gasteiger partial charge in [-0.15, -0.1) is 0 Å². The minimum absolute atomic E-state index is 0. The number of hydrogen-bond donors (Lipinski definition) is 3. The third-order valence-electron chi connectivity index (χ3n) is 8.89. The summed E-state index contributed by atoms with van der Waals surface area (Å²) in [5.74, 6) is 0.177. The van der Waals surface area contributed by atoms with Crippen molar-refractivity contribution in [3.63, 3.8) is 0 Å². The summed E-state index contributed by atoms with van der Waals surface area (Å²) in [5, 5.41) is 15.2. The molecule has 4 N–H and O–H groups in total. The fourth-order valence-corrected chi connectivity index (χ4v) is 7.71. The number of thioether (sulfide) groups is 1. The highest BCUT2D eigenvalue weighted by molar-refractivity contribution is 8.14. The average molecular weight is 700 g/mol. The monoisotopic (exact) mass is 699 g/mol. The van der Waals surface area contributed by atoms with Crippen LogP contribution in [0.3, 0.4) is 0 Å². The maximum atomic E-state index is 13.0. The fourth-order valence-electron chi connectivity index (χ4n) is 6.55. The number of rotatable bonds is 14. The minimum Gasteiger partial charge on any atom is -0.870 e. The number of amides is 4. The number of unbranched alkanes of at least 4 members (excludes halogenated alkanes) is 4. The number of phenolic OH excluding ortho intramolecular Hbond substituents is 1. The molecule has 3 heterocycles. The lowest BCUT2D eigenvalue weighted by Gasteiger charge is -2.36. The van der Waals surface area contributed by atoms with Crippen LogP contribution in [0.25, 0.3) is 0 Å². The van der Waals surface area contributed by atoms with Crippen molar-refractivity contribution in [1.29, 1.82) is 0 Å². The molecule has 11 nitrogen and oxygen atoms in total. The van der Waals surface area contributed by atoms with Gasteiger partial charge in [0.2, 0.25) is 22.5 Å². The van der Waals surface area contributed by atoms with E-state index in [1.807, 2.05) is 22.7 Å². The summed E-state index contributed by atoms with van der Waals surface area (Å²) < 4.78 is 0.0593. The van der Waals surface area contributed by atoms with Crippen LogP contribution in [0, 0.1) is 5.41 Å². The Labute approximate surface area is 296 Å². The van der Waals surface area contributed by atoms with Gasteiger partial charge in [-0.05, 0) is 49.7 Å². The molecule has 0 aromatic heterocycles. The Morgan fingerprint density at radius 3 is 2.16 bits per heavy atom. The van der Waals surface area contributed by atoms with Crippen LogP contribution in [0.15, 0.2) is 24.3 Å². The van der Waals surface area contributed by atoms with Gasteiger partial charge in [0.05, 0.1) is 5.92 Å². The van der Waals surface area contributed by atoms with E-state index in [4.69, 9.17) is 0 Å². The highest BCUT2D eigenvalue weighted by atomic mass is 32.2. The predicted molar refractivity (Wildman–Crippen MR) is 194 cm³/mol. The first-order chi connectivity index (χ1) is 22.6. The minimum atomic E-state index is -0.264. The van der Waals surface area contributed by atoms with E-state index in [1.165, 1.54) is 27.7 Å². The van der Waals surface area contributed by atoms with Crippen LogP contribution in [0.4, 0.5) is 11.4 Å². The van der Waals surface area contributed by atoms with E-state index >= 15 is 0 Å². The van der Waals surface area contributed by atoms with Gasteiger partial charge in [-0.1, -0.05) is 66.1 Å². The van der Waals surface area contributed by atoms with Crippen LogP contribution in [0.2, 0.25) is 0 Å². The highest BCUT2D eigenvalue weighted by Gasteiger charge is 2.42. The molecule has 272 valence electrons. The van der Waals surface area contributed by atoms with E-state index < -0.39 is 0 Å². The summed E-state index contributed by atoms with van der Waals surface area (Å²) in [6.07, 6.45) is 9.18. The molecular weight excluding hydrogens is 643 g/mol. The number of hydrogen-bond acceptors (Lipinski definition) is 8. The molecule has 1 fully saturated rings. The first-order valence-electron chi connectivity index (χ1n) is 17.6. The van der Waals surface area contributed by atoms with Gasteiger partial charge in [0, 0.05) is 74.6 Å². The van der Waals surface area contributed by atoms with Crippen LogP contribution >= 0.6 is 11.8 Å². The Bertz CT molecular complexity index is 1390. The maximum Gasteiger partial charge on any atom is 0.253 e. The average Bonchev–Trinajstić information content (AvgIpc) is 3.50. The van der Waals surface area contributed by atoms with Crippen molar-refractivity contribution in [3.05, 3.63) is 29.8 Å². The lowest BCUT2D eigenvalue weighted by atomic mass is 9.82. The van der Waals surface area contributed by atoms with E-state index in [0.717, 1.165) is 43.5 Å². The molecule has 0 radical (unpaired) electrons. The van der Waals surface area contributed by atoms with E-state index in [1.54, 1.807) is 0 Å². The Kier molecular flexibility index (Phi) is 14.3. The second kappa shape index (κ2) is 17.5. The summed E-state index contributed by atoms with van der Waals surface area (Å²) in [4.78, 5) is 57.4. The molecule has 12 heteroatoms. The van der Waals surface area contributed by atoms with Crippen LogP contribution < -0.4 is 15.2 Å². The van der Waals surface area contributed by atoms with Crippen molar-refractivity contribution < 1.29 is 34.8 Å². The van der Waals surface area contributed by atoms with Gasteiger partial charge in [0.15, 0.2) is 5.69 Å². The SMILES string of the molecule is CC(C)(C)CC1C(SC(C)(C)C)=[NH+]c2c1ccc(O)c2N1CCN(C(=O)CCCCCNC(=O)CCCCCN2C(=O)C=CC2=O)CC1.[OH-]. The summed E-state index contributed by atoms with van der Waals surface area (Å²) in [5.41, 5.74) is 3.24. The molecule has 4 rings (SSSR count). The van der Waals surface area contributed by atoms with E-state index in [2.05, 4.69) is 62.8 Å². The molecule has 3 aliphatic heterocycles. The molecule has 1 saturated heterocycles. The third-order valence-corrected chi connectivity index (χ3v) is 10.1. The molecule has 0 spiro atoms. The first-order valence-corrected chi connectivity index (χ1v) is 18.5. The molecule has 0 bridgehead atoms. The van der Waals surface area contributed by atoms with Crippen LogP contribution in [-0.2, 0) is 19.2 Å². The second-order valence-electron chi connectivity index (χ2n) is 15.4. The second-order valence-corrected chi connectivity index (χ2v) is 17.3. The molecule has 49 heavy (non-hydrogen) atoms. The first kappa shape index (κ1) is 40.1. The number of nitrogens with one attached hydrogen (secondary N) is 2. The molecule has 3 aliphatic rings. The van der Waals surface area contributed by atoms with Gasteiger partial charge in [0.25, 0.3) is 11.8 Å². The summed E-state index contributed by atoms with van der Waals surface area (Å²) >= 11 is 1.87. The summed E-state index contributed by atoms with van der Waals surface area (Å²) in [6, 6.07) is 3.91. The maximum absolute atomic E-state index is 13.0. The van der Waals surface area contributed by atoms with Gasteiger partial charge in [0.1, 0.15) is 5.75 Å². The van der Waals surface area contributed by atoms with Gasteiger partial charge in [-0.3, -0.25) is 24.1 Å². The number of imide groups is 1. The summed E-state index contributed by atoms with van der Waals surface area (Å²) in [6.45, 7) is 17.1. The van der Waals surface area contributed by atoms with E-state index in [9.17, 15) is 24.3 Å². The molecule has 1 unspecified atom stereocenters. The molecular formula is C37H57N5O6S. The number of piperazine rings is 1. The lowest BCUT2D eigenvalue weighted by molar-refractivity contribution is -0.345. The van der Waals surface area contributed by atoms with Gasteiger partial charge in [-0.25, -0.2) is 4.99 Å². The number of fused-ring (bicyclic) bond motifs is 1. The summed E-state index contributed by atoms with van der Waals surface area (Å²) in [7, 11) is 0. The standard InChI is InChI=1S/C37H55N5O5S.H2O/c1-36(2,3)25-27-26-15-16-28(43)34(33(26)39-35(27)48-37(4,5)6)41-23-21-40(22-24-41)30(45)14-10-7-11-19-38-29(44)13-9-8-12-20-42-31(46)17-18-32(42)47;/h15-18,27,43H,7-14,19-25H2,1-6H3,(H,38,44);1H2. The van der Waals surface area contributed by atoms with Crippen molar-refractivity contribution in [2.24, 2.45) is 5.41 Å². The predicted octanol–water partition coefficient (Wildman–Crippen LogP) is 4.20. The van der Waals surface area contributed by atoms with Crippen LogP contribution in [0.5, 0.6) is 5.75 Å². The van der Waals surface area contributed by atoms with Gasteiger partial charge < -0.3 is 25.7 Å². The number of carbonyl (C=O) groups is 4. The van der Waals surface area contributed by atoms with E-state index in [0.29, 0.717) is 65.0 Å². The zero-order chi connectivity index (χ0) is 35.1. The van der Waals surface area contributed by atoms with Gasteiger partial charge in [-0.2, -0.15) is 0 Å². The smallest absolute Gasteiger partial charge is 0.253 e. The molecule has 0 aliphatic carbocycles. The van der Waals surface area contributed by atoms with Crippen LogP contribution in [-0.4, -0.2) is 93.1 Å². The van der Waals surface area contributed by atoms with Crippen molar-refractivity contribution in [1.82, 2.24) is 15.1 Å². The number of aromatic hydroxyl groups is 1. The molecule has 4 amide bonds. The number of anilines is 1. The fraction of sp³-hybridized carbons (Fsp3) is 0.649. The number of benzene rings is 1.